The van der Waals surface area contributed by atoms with E-state index < -0.39 is 20.2 Å². The first-order valence-electron chi connectivity index (χ1n) is 17.7. The van der Waals surface area contributed by atoms with Crippen LogP contribution in [-0.4, -0.2) is 45.9 Å². The van der Waals surface area contributed by atoms with Crippen LogP contribution in [-0.2, 0) is 33.1 Å². The van der Waals surface area contributed by atoms with Crippen LogP contribution in [0, 0.1) is 0 Å². The second kappa shape index (κ2) is 13.7. The van der Waals surface area contributed by atoms with E-state index in [0.717, 1.165) is 67.2 Å². The molecule has 0 spiro atoms. The molecule has 0 aliphatic carbocycles. The molecule has 0 amide bonds. The number of rotatable bonds is 6. The zero-order chi connectivity index (χ0) is 38.6. The summed E-state index contributed by atoms with van der Waals surface area (Å²) < 4.78 is 67.4. The molecule has 12 heteroatoms. The molecular weight excluding hydrogens is 745 g/mol. The van der Waals surface area contributed by atoms with Crippen LogP contribution in [0.25, 0.3) is 79.8 Å². The van der Waals surface area contributed by atoms with Gasteiger partial charge in [0.05, 0.1) is 32.6 Å². The predicted octanol–water partition coefficient (Wildman–Crippen LogP) is 9.32. The Kier molecular flexibility index (Phi) is 8.63. The Morgan fingerprint density at radius 1 is 0.411 bits per heavy atom. The van der Waals surface area contributed by atoms with Crippen LogP contribution in [0.5, 0.6) is 0 Å². The smallest absolute Gasteiger partial charge is 0.294 e. The molecule has 0 atom stereocenters. The fraction of sp³-hybridized carbons (Fsp3) is 0.0455. The molecule has 3 aliphatic heterocycles. The standard InChI is InChI=1S/C44H32N4O6S2/c49-55(50,51)31-15-11-29(12-16-31)43-37-23-21-35(46-37)41(27-7-3-1-4-8-27)33-19-20-34(45-33)42(28-9-5-2-6-10-28)36-22-24-38(47-36)44(40-26-25-39(43)48-40)30-13-17-32(18-14-30)56(52,53)54/h1-24,45,48H,25-26H2,(H,49,50,51)(H,52,53,54). The number of aromatic nitrogens is 4. The van der Waals surface area contributed by atoms with Gasteiger partial charge in [0.15, 0.2) is 0 Å². The number of nitrogens with zero attached hydrogens (tertiary/aromatic N) is 2. The zero-order valence-corrected chi connectivity index (χ0v) is 31.1. The fourth-order valence-corrected chi connectivity index (χ4v) is 8.49. The highest BCUT2D eigenvalue weighted by Gasteiger charge is 2.23. The lowest BCUT2D eigenvalue weighted by molar-refractivity contribution is 0.481. The van der Waals surface area contributed by atoms with E-state index >= 15 is 0 Å². The van der Waals surface area contributed by atoms with Crippen LogP contribution in [0.15, 0.2) is 131 Å². The zero-order valence-electron chi connectivity index (χ0n) is 29.5. The summed E-state index contributed by atoms with van der Waals surface area (Å²) in [5, 5.41) is 0. The molecule has 6 aromatic rings. The van der Waals surface area contributed by atoms with E-state index in [4.69, 9.17) is 9.97 Å². The minimum absolute atomic E-state index is 0.223. The maximum absolute atomic E-state index is 12.0. The quantitative estimate of drug-likeness (QED) is 0.121. The van der Waals surface area contributed by atoms with E-state index in [1.807, 2.05) is 97.1 Å². The summed E-state index contributed by atoms with van der Waals surface area (Å²) >= 11 is 0. The summed E-state index contributed by atoms with van der Waals surface area (Å²) in [7, 11) is -8.85. The van der Waals surface area contributed by atoms with Crippen molar-refractivity contribution in [3.63, 3.8) is 0 Å². The number of hydrogen-bond donors (Lipinski definition) is 4. The van der Waals surface area contributed by atoms with Crippen LogP contribution in [0.1, 0.15) is 34.2 Å². The van der Waals surface area contributed by atoms with Gasteiger partial charge in [-0.3, -0.25) is 9.11 Å². The van der Waals surface area contributed by atoms with Gasteiger partial charge in [-0.05, 0) is 95.8 Å². The Balaban J connectivity index is 1.43. The molecule has 5 heterocycles. The van der Waals surface area contributed by atoms with E-state index in [1.54, 1.807) is 24.3 Å². The number of nitrogens with one attached hydrogen (secondary N) is 2. The monoisotopic (exact) mass is 776 g/mol. The molecule has 0 unspecified atom stereocenters. The summed E-state index contributed by atoms with van der Waals surface area (Å²) in [5.74, 6) is 0. The summed E-state index contributed by atoms with van der Waals surface area (Å²) in [6, 6.07) is 36.2. The van der Waals surface area contributed by atoms with E-state index in [0.29, 0.717) is 35.4 Å². The van der Waals surface area contributed by atoms with Gasteiger partial charge in [0.2, 0.25) is 0 Å². The molecule has 9 rings (SSSR count). The minimum Gasteiger partial charge on any atom is -0.361 e. The molecule has 10 nitrogen and oxygen atoms in total. The second-order valence-electron chi connectivity index (χ2n) is 13.5. The molecule has 4 aromatic carbocycles. The van der Waals surface area contributed by atoms with Gasteiger partial charge >= 0.3 is 0 Å². The van der Waals surface area contributed by atoms with Gasteiger partial charge in [0, 0.05) is 44.7 Å². The first-order valence-corrected chi connectivity index (χ1v) is 20.6. The van der Waals surface area contributed by atoms with Crippen molar-refractivity contribution < 1.29 is 25.9 Å². The topological polar surface area (TPSA) is 166 Å². The largest absolute Gasteiger partial charge is 0.361 e. The minimum atomic E-state index is -4.42. The van der Waals surface area contributed by atoms with Gasteiger partial charge in [0.25, 0.3) is 20.2 Å². The van der Waals surface area contributed by atoms with Gasteiger partial charge in [-0.2, -0.15) is 16.8 Å². The molecule has 0 saturated heterocycles. The maximum atomic E-state index is 12.0. The summed E-state index contributed by atoms with van der Waals surface area (Å²) in [6.45, 7) is 0. The van der Waals surface area contributed by atoms with Crippen LogP contribution in [0.2, 0.25) is 0 Å². The molecule has 0 radical (unpaired) electrons. The molecule has 8 bridgehead atoms. The molecule has 4 N–H and O–H groups in total. The van der Waals surface area contributed by atoms with Crippen molar-refractivity contribution >= 4 is 55.6 Å². The van der Waals surface area contributed by atoms with Crippen molar-refractivity contribution in [1.82, 2.24) is 19.9 Å². The Morgan fingerprint density at radius 2 is 0.750 bits per heavy atom. The molecule has 2 aromatic heterocycles. The number of aryl methyl sites for hydroxylation is 2. The number of H-pyrrole nitrogens is 2. The average molecular weight is 777 g/mol. The van der Waals surface area contributed by atoms with Crippen molar-refractivity contribution in [2.75, 3.05) is 0 Å². The summed E-state index contributed by atoms with van der Waals surface area (Å²) in [4.78, 5) is 17.4. The lowest BCUT2D eigenvalue weighted by Gasteiger charge is -2.09. The highest BCUT2D eigenvalue weighted by Crippen LogP contribution is 2.39. The van der Waals surface area contributed by atoms with Gasteiger partial charge in [-0.25, -0.2) is 9.97 Å². The van der Waals surface area contributed by atoms with Gasteiger partial charge in [-0.1, -0.05) is 84.9 Å². The number of hydrogen-bond acceptors (Lipinski definition) is 6. The van der Waals surface area contributed by atoms with Crippen molar-refractivity contribution in [2.24, 2.45) is 0 Å². The third kappa shape index (κ3) is 6.54. The van der Waals surface area contributed by atoms with Crippen molar-refractivity contribution in [3.8, 4) is 44.5 Å². The van der Waals surface area contributed by atoms with Gasteiger partial charge in [0.1, 0.15) is 0 Å². The summed E-state index contributed by atoms with van der Waals surface area (Å²) in [6.07, 6.45) is 8.97. The van der Waals surface area contributed by atoms with E-state index in [1.165, 1.54) is 24.3 Å². The van der Waals surface area contributed by atoms with Crippen LogP contribution in [0.3, 0.4) is 0 Å². The predicted molar refractivity (Wildman–Crippen MR) is 219 cm³/mol. The lowest BCUT2D eigenvalue weighted by Crippen LogP contribution is -1.98. The normalized spacial score (nSPS) is 13.2. The third-order valence-corrected chi connectivity index (χ3v) is 11.8. The SMILES string of the molecule is O=S(=O)(O)c1ccc(-c2c3nc(c(-c4ccccc4)c4ccc([nH]4)c(-c4ccccc4)c4nc(c(-c5ccc(S(=O)(=O)O)cc5)c5[nH]c2CC5)C=C4)C=C3)cc1. The maximum Gasteiger partial charge on any atom is 0.294 e. The first kappa shape index (κ1) is 35.3. The molecule has 0 fully saturated rings. The molecular formula is C44H32N4O6S2. The Bertz CT molecular complexity index is 2840. The lowest BCUT2D eigenvalue weighted by atomic mass is 9.99. The third-order valence-electron chi connectivity index (χ3n) is 10.1. The molecule has 276 valence electrons. The Labute approximate surface area is 322 Å². The van der Waals surface area contributed by atoms with Crippen LogP contribution >= 0.6 is 0 Å². The van der Waals surface area contributed by atoms with E-state index in [9.17, 15) is 25.9 Å². The fourth-order valence-electron chi connectivity index (χ4n) is 7.53. The molecule has 56 heavy (non-hydrogen) atoms. The van der Waals surface area contributed by atoms with Crippen molar-refractivity contribution in [2.45, 2.75) is 22.6 Å². The Morgan fingerprint density at radius 3 is 1.11 bits per heavy atom. The van der Waals surface area contributed by atoms with Crippen LogP contribution in [0.4, 0.5) is 0 Å². The molecule has 0 saturated carbocycles. The van der Waals surface area contributed by atoms with E-state index in [-0.39, 0.29) is 9.79 Å². The Hall–Kier alpha value is -6.44. The number of fused-ring (bicyclic) bond motifs is 8. The van der Waals surface area contributed by atoms with E-state index in [2.05, 4.69) is 9.97 Å². The highest BCUT2D eigenvalue weighted by molar-refractivity contribution is 7.86. The van der Waals surface area contributed by atoms with Gasteiger partial charge in [-0.15, -0.1) is 0 Å². The highest BCUT2D eigenvalue weighted by atomic mass is 32.2. The first-order chi connectivity index (χ1) is 27.0. The van der Waals surface area contributed by atoms with Gasteiger partial charge < -0.3 is 9.97 Å². The number of benzene rings is 4. The van der Waals surface area contributed by atoms with Crippen molar-refractivity contribution in [3.05, 3.63) is 155 Å². The molecule has 3 aliphatic rings. The van der Waals surface area contributed by atoms with Crippen LogP contribution < -0.4 is 0 Å². The summed E-state index contributed by atoms with van der Waals surface area (Å²) in [5.41, 5.74) is 12.7. The number of aromatic amines is 2. The second-order valence-corrected chi connectivity index (χ2v) is 16.4. The average Bonchev–Trinajstić information content (AvgIpc) is 4.03. The van der Waals surface area contributed by atoms with Crippen molar-refractivity contribution in [1.29, 1.82) is 0 Å².